The van der Waals surface area contributed by atoms with E-state index in [-0.39, 0.29) is 0 Å². The van der Waals surface area contributed by atoms with Gasteiger partial charge in [-0.3, -0.25) is 4.90 Å². The normalized spacial score (nSPS) is 20.4. The van der Waals surface area contributed by atoms with Crippen LogP contribution in [0.4, 0.5) is 0 Å². The average Bonchev–Trinajstić information content (AvgIpc) is 2.78. The predicted octanol–water partition coefficient (Wildman–Crippen LogP) is 0.938. The van der Waals surface area contributed by atoms with E-state index < -0.39 is 0 Å². The van der Waals surface area contributed by atoms with Crippen molar-refractivity contribution in [3.63, 3.8) is 0 Å². The SMILES string of the molecule is CCc1cnc(C(C)N2CCNCC2)[nH]1. The van der Waals surface area contributed by atoms with Gasteiger partial charge in [-0.2, -0.15) is 0 Å². The summed E-state index contributed by atoms with van der Waals surface area (Å²) < 4.78 is 0. The van der Waals surface area contributed by atoms with Crippen LogP contribution in [0.15, 0.2) is 6.20 Å². The summed E-state index contributed by atoms with van der Waals surface area (Å²) in [7, 11) is 0. The zero-order valence-corrected chi connectivity index (χ0v) is 9.58. The van der Waals surface area contributed by atoms with Crippen LogP contribution in [-0.4, -0.2) is 41.0 Å². The van der Waals surface area contributed by atoms with Gasteiger partial charge in [0.1, 0.15) is 5.82 Å². The molecule has 0 aliphatic carbocycles. The van der Waals surface area contributed by atoms with E-state index in [1.165, 1.54) is 5.69 Å². The molecule has 0 amide bonds. The van der Waals surface area contributed by atoms with Crippen LogP contribution in [0.1, 0.15) is 31.4 Å². The lowest BCUT2D eigenvalue weighted by Crippen LogP contribution is -2.44. The second-order valence-corrected chi connectivity index (χ2v) is 4.11. The molecule has 1 unspecified atom stereocenters. The number of aromatic nitrogens is 2. The Morgan fingerprint density at radius 2 is 2.20 bits per heavy atom. The topological polar surface area (TPSA) is 44.0 Å². The molecular weight excluding hydrogens is 188 g/mol. The average molecular weight is 208 g/mol. The van der Waals surface area contributed by atoms with Crippen molar-refractivity contribution >= 4 is 0 Å². The van der Waals surface area contributed by atoms with Crippen molar-refractivity contribution < 1.29 is 0 Å². The molecule has 2 heterocycles. The quantitative estimate of drug-likeness (QED) is 0.777. The van der Waals surface area contributed by atoms with Gasteiger partial charge < -0.3 is 10.3 Å². The standard InChI is InChI=1S/C11H20N4/c1-3-10-8-13-11(14-10)9(2)15-6-4-12-5-7-15/h8-9,12H,3-7H2,1-2H3,(H,13,14). The first-order valence-corrected chi connectivity index (χ1v) is 5.79. The third-order valence-electron chi connectivity index (χ3n) is 3.12. The van der Waals surface area contributed by atoms with Gasteiger partial charge in [-0.25, -0.2) is 4.98 Å². The van der Waals surface area contributed by atoms with Gasteiger partial charge in [0.25, 0.3) is 0 Å². The van der Waals surface area contributed by atoms with Crippen LogP contribution in [0.3, 0.4) is 0 Å². The third kappa shape index (κ3) is 2.38. The minimum Gasteiger partial charge on any atom is -0.345 e. The van der Waals surface area contributed by atoms with Crippen molar-refractivity contribution in [3.8, 4) is 0 Å². The minimum atomic E-state index is 0.410. The van der Waals surface area contributed by atoms with Gasteiger partial charge in [0.2, 0.25) is 0 Å². The lowest BCUT2D eigenvalue weighted by Gasteiger charge is -2.31. The molecule has 1 aromatic heterocycles. The van der Waals surface area contributed by atoms with Crippen molar-refractivity contribution in [1.29, 1.82) is 0 Å². The number of aryl methyl sites for hydroxylation is 1. The summed E-state index contributed by atoms with van der Waals surface area (Å²) in [5, 5.41) is 3.37. The smallest absolute Gasteiger partial charge is 0.123 e. The summed E-state index contributed by atoms with van der Waals surface area (Å²) in [6, 6.07) is 0.410. The van der Waals surface area contributed by atoms with Crippen molar-refractivity contribution in [3.05, 3.63) is 17.7 Å². The van der Waals surface area contributed by atoms with E-state index in [2.05, 4.69) is 34.0 Å². The molecule has 4 nitrogen and oxygen atoms in total. The van der Waals surface area contributed by atoms with E-state index in [4.69, 9.17) is 0 Å². The molecule has 84 valence electrons. The number of H-pyrrole nitrogens is 1. The lowest BCUT2D eigenvalue weighted by atomic mass is 10.2. The number of imidazole rings is 1. The van der Waals surface area contributed by atoms with Gasteiger partial charge in [-0.05, 0) is 13.3 Å². The Kier molecular flexibility index (Phi) is 3.38. The first-order chi connectivity index (χ1) is 7.31. The fraction of sp³-hybridized carbons (Fsp3) is 0.727. The van der Waals surface area contributed by atoms with Gasteiger partial charge >= 0.3 is 0 Å². The Morgan fingerprint density at radius 3 is 2.80 bits per heavy atom. The molecule has 2 N–H and O–H groups in total. The summed E-state index contributed by atoms with van der Waals surface area (Å²) >= 11 is 0. The molecule has 1 aliphatic rings. The van der Waals surface area contributed by atoms with E-state index in [9.17, 15) is 0 Å². The van der Waals surface area contributed by atoms with Gasteiger partial charge in [0, 0.05) is 38.1 Å². The highest BCUT2D eigenvalue weighted by molar-refractivity contribution is 5.04. The maximum Gasteiger partial charge on any atom is 0.123 e. The van der Waals surface area contributed by atoms with E-state index in [1.807, 2.05) is 6.20 Å². The molecule has 1 aromatic rings. The number of piperazine rings is 1. The number of hydrogen-bond acceptors (Lipinski definition) is 3. The fourth-order valence-corrected chi connectivity index (χ4v) is 2.01. The van der Waals surface area contributed by atoms with Crippen LogP contribution < -0.4 is 5.32 Å². The maximum atomic E-state index is 4.44. The summed E-state index contributed by atoms with van der Waals surface area (Å²) in [4.78, 5) is 10.3. The summed E-state index contributed by atoms with van der Waals surface area (Å²) in [5.41, 5.74) is 1.23. The maximum absolute atomic E-state index is 4.44. The molecule has 4 heteroatoms. The molecular formula is C11H20N4. The van der Waals surface area contributed by atoms with Gasteiger partial charge in [0.05, 0.1) is 6.04 Å². The summed E-state index contributed by atoms with van der Waals surface area (Å²) in [6.07, 6.45) is 2.98. The van der Waals surface area contributed by atoms with E-state index in [0.29, 0.717) is 6.04 Å². The van der Waals surface area contributed by atoms with Crippen LogP contribution in [0.5, 0.6) is 0 Å². The highest BCUT2D eigenvalue weighted by Gasteiger charge is 2.19. The third-order valence-corrected chi connectivity index (χ3v) is 3.12. The Balaban J connectivity index is 2.02. The zero-order chi connectivity index (χ0) is 10.7. The Labute approximate surface area is 91.1 Å². The number of hydrogen-bond donors (Lipinski definition) is 2. The molecule has 1 atom stereocenters. The largest absolute Gasteiger partial charge is 0.345 e. The Morgan fingerprint density at radius 1 is 1.47 bits per heavy atom. The number of nitrogens with one attached hydrogen (secondary N) is 2. The number of aromatic amines is 1. The number of nitrogens with zero attached hydrogens (tertiary/aromatic N) is 2. The number of rotatable bonds is 3. The molecule has 0 saturated carbocycles. The van der Waals surface area contributed by atoms with Gasteiger partial charge in [-0.15, -0.1) is 0 Å². The molecule has 0 aromatic carbocycles. The highest BCUT2D eigenvalue weighted by atomic mass is 15.2. The zero-order valence-electron chi connectivity index (χ0n) is 9.58. The predicted molar refractivity (Wildman–Crippen MR) is 60.8 cm³/mol. The minimum absolute atomic E-state index is 0.410. The molecule has 15 heavy (non-hydrogen) atoms. The van der Waals surface area contributed by atoms with E-state index >= 15 is 0 Å². The molecule has 1 saturated heterocycles. The van der Waals surface area contributed by atoms with Crippen molar-refractivity contribution in [2.45, 2.75) is 26.3 Å². The second-order valence-electron chi connectivity index (χ2n) is 4.11. The first kappa shape index (κ1) is 10.6. The Bertz CT molecular complexity index is 301. The monoisotopic (exact) mass is 208 g/mol. The van der Waals surface area contributed by atoms with E-state index in [0.717, 1.165) is 38.4 Å². The van der Waals surface area contributed by atoms with Crippen LogP contribution in [0.25, 0.3) is 0 Å². The van der Waals surface area contributed by atoms with Crippen molar-refractivity contribution in [2.24, 2.45) is 0 Å². The van der Waals surface area contributed by atoms with Crippen LogP contribution >= 0.6 is 0 Å². The van der Waals surface area contributed by atoms with E-state index in [1.54, 1.807) is 0 Å². The molecule has 0 radical (unpaired) electrons. The second kappa shape index (κ2) is 4.77. The molecule has 1 fully saturated rings. The molecule has 2 rings (SSSR count). The van der Waals surface area contributed by atoms with Crippen molar-refractivity contribution in [1.82, 2.24) is 20.2 Å². The molecule has 1 aliphatic heterocycles. The summed E-state index contributed by atoms with van der Waals surface area (Å²) in [5.74, 6) is 1.11. The summed E-state index contributed by atoms with van der Waals surface area (Å²) in [6.45, 7) is 8.78. The van der Waals surface area contributed by atoms with Gasteiger partial charge in [-0.1, -0.05) is 6.92 Å². The van der Waals surface area contributed by atoms with Crippen LogP contribution in [0, 0.1) is 0 Å². The lowest BCUT2D eigenvalue weighted by molar-refractivity contribution is 0.180. The van der Waals surface area contributed by atoms with Crippen molar-refractivity contribution in [2.75, 3.05) is 26.2 Å². The fourth-order valence-electron chi connectivity index (χ4n) is 2.01. The Hall–Kier alpha value is -0.870. The molecule has 0 spiro atoms. The van der Waals surface area contributed by atoms with Crippen LogP contribution in [0.2, 0.25) is 0 Å². The first-order valence-electron chi connectivity index (χ1n) is 5.79. The van der Waals surface area contributed by atoms with Gasteiger partial charge in [0.15, 0.2) is 0 Å². The molecule has 0 bridgehead atoms. The van der Waals surface area contributed by atoms with Crippen LogP contribution in [-0.2, 0) is 6.42 Å². The highest BCUT2D eigenvalue weighted by Crippen LogP contribution is 2.17.